The number of carbonyl (C=O) groups is 1. The number of carbonyl (C=O) groups excluding carboxylic acids is 1. The van der Waals surface area contributed by atoms with Gasteiger partial charge in [0.2, 0.25) is 5.91 Å². The van der Waals surface area contributed by atoms with Crippen molar-refractivity contribution in [1.29, 1.82) is 0 Å². The Balaban J connectivity index is 1.63. The minimum absolute atomic E-state index is 0.0708. The van der Waals surface area contributed by atoms with E-state index in [1.54, 1.807) is 6.07 Å². The predicted molar refractivity (Wildman–Crippen MR) is 97.9 cm³/mol. The van der Waals surface area contributed by atoms with E-state index in [1.165, 1.54) is 34.4 Å². The molecule has 0 aliphatic heterocycles. The van der Waals surface area contributed by atoms with Crippen molar-refractivity contribution in [1.82, 2.24) is 15.0 Å². The molecule has 3 aromatic rings. The summed E-state index contributed by atoms with van der Waals surface area (Å²) in [4.78, 5) is 26.8. The number of benzene rings is 1. The number of para-hydroxylation sites is 1. The maximum Gasteiger partial charge on any atom is 0.279 e. The lowest BCUT2D eigenvalue weighted by atomic mass is 9.89. The maximum atomic E-state index is 13.6. The first-order chi connectivity index (χ1) is 12.5. The molecule has 1 atom stereocenters. The monoisotopic (exact) mass is 372 g/mol. The van der Waals surface area contributed by atoms with E-state index >= 15 is 0 Å². The number of anilines is 1. The zero-order valence-electron chi connectivity index (χ0n) is 14.2. The summed E-state index contributed by atoms with van der Waals surface area (Å²) in [6.07, 6.45) is 2.83. The molecule has 6 nitrogen and oxygen atoms in total. The van der Waals surface area contributed by atoms with Crippen LogP contribution in [0.25, 0.3) is 10.2 Å². The molecule has 0 saturated carbocycles. The molecule has 1 N–H and O–H groups in total. The normalized spacial score (nSPS) is 16.5. The van der Waals surface area contributed by atoms with Crippen LogP contribution >= 0.6 is 11.3 Å². The summed E-state index contributed by atoms with van der Waals surface area (Å²) in [6, 6.07) is 5.87. The number of hydrogen-bond acceptors (Lipinski definition) is 5. The minimum atomic E-state index is -0.532. The Kier molecular flexibility index (Phi) is 4.28. The summed E-state index contributed by atoms with van der Waals surface area (Å²) in [5, 5.41) is 11.0. The molecule has 0 bridgehead atoms. The van der Waals surface area contributed by atoms with Crippen LogP contribution in [0.3, 0.4) is 0 Å². The van der Waals surface area contributed by atoms with E-state index in [0.717, 1.165) is 29.5 Å². The van der Waals surface area contributed by atoms with Crippen molar-refractivity contribution >= 4 is 33.1 Å². The third-order valence-electron chi connectivity index (χ3n) is 4.63. The van der Waals surface area contributed by atoms with Crippen molar-refractivity contribution in [2.75, 3.05) is 5.32 Å². The van der Waals surface area contributed by atoms with Crippen LogP contribution in [0.15, 0.2) is 29.1 Å². The largest absolute Gasteiger partial charge is 0.322 e. The molecule has 1 aliphatic carbocycles. The summed E-state index contributed by atoms with van der Waals surface area (Å²) < 4.78 is 14.7. The van der Waals surface area contributed by atoms with E-state index in [2.05, 4.69) is 22.6 Å². The van der Waals surface area contributed by atoms with E-state index in [0.29, 0.717) is 16.1 Å². The third-order valence-corrected chi connectivity index (χ3v) is 5.76. The molecule has 1 amide bonds. The Morgan fingerprint density at radius 1 is 1.42 bits per heavy atom. The molecule has 4 rings (SSSR count). The Morgan fingerprint density at radius 3 is 3.04 bits per heavy atom. The highest BCUT2D eigenvalue weighted by molar-refractivity contribution is 7.18. The van der Waals surface area contributed by atoms with E-state index in [4.69, 9.17) is 0 Å². The number of aromatic nitrogens is 3. The average Bonchev–Trinajstić information content (AvgIpc) is 2.97. The lowest BCUT2D eigenvalue weighted by Crippen LogP contribution is -2.30. The molecule has 1 unspecified atom stereocenters. The fourth-order valence-electron chi connectivity index (χ4n) is 3.28. The summed E-state index contributed by atoms with van der Waals surface area (Å²) in [5.74, 6) is -0.461. The Labute approximate surface area is 152 Å². The summed E-state index contributed by atoms with van der Waals surface area (Å²) in [7, 11) is 0. The van der Waals surface area contributed by atoms with Crippen LogP contribution in [0.1, 0.15) is 23.8 Å². The van der Waals surface area contributed by atoms with E-state index in [-0.39, 0.29) is 17.8 Å². The third kappa shape index (κ3) is 3.01. The summed E-state index contributed by atoms with van der Waals surface area (Å²) >= 11 is 1.51. The molecule has 0 spiro atoms. The van der Waals surface area contributed by atoms with Crippen LogP contribution in [-0.4, -0.2) is 20.9 Å². The van der Waals surface area contributed by atoms with Gasteiger partial charge in [0.25, 0.3) is 5.56 Å². The Bertz CT molecular complexity index is 1060. The van der Waals surface area contributed by atoms with Gasteiger partial charge in [-0.05, 0) is 42.9 Å². The van der Waals surface area contributed by atoms with E-state index in [1.807, 2.05) is 0 Å². The van der Waals surface area contributed by atoms with Gasteiger partial charge in [0.15, 0.2) is 4.83 Å². The lowest BCUT2D eigenvalue weighted by molar-refractivity contribution is -0.117. The Hall–Kier alpha value is -2.61. The van der Waals surface area contributed by atoms with Gasteiger partial charge in [-0.1, -0.05) is 24.3 Å². The first-order valence-electron chi connectivity index (χ1n) is 8.45. The molecule has 2 heterocycles. The Morgan fingerprint density at radius 2 is 2.23 bits per heavy atom. The quantitative estimate of drug-likeness (QED) is 0.767. The molecular weight excluding hydrogens is 355 g/mol. The predicted octanol–water partition coefficient (Wildman–Crippen LogP) is 2.76. The second-order valence-electron chi connectivity index (χ2n) is 6.61. The highest BCUT2D eigenvalue weighted by Gasteiger charge is 2.24. The van der Waals surface area contributed by atoms with Gasteiger partial charge in [0, 0.05) is 4.88 Å². The lowest BCUT2D eigenvalue weighted by Gasteiger charge is -2.17. The number of rotatable bonds is 3. The van der Waals surface area contributed by atoms with Crippen LogP contribution in [0.2, 0.25) is 0 Å². The highest BCUT2D eigenvalue weighted by atomic mass is 32.1. The van der Waals surface area contributed by atoms with Crippen LogP contribution in [0.5, 0.6) is 0 Å². The van der Waals surface area contributed by atoms with Crippen LogP contribution in [0.4, 0.5) is 10.1 Å². The molecule has 0 radical (unpaired) electrons. The van der Waals surface area contributed by atoms with Gasteiger partial charge in [0.05, 0.1) is 11.1 Å². The molecule has 0 fully saturated rings. The highest BCUT2D eigenvalue weighted by Crippen LogP contribution is 2.35. The van der Waals surface area contributed by atoms with Crippen molar-refractivity contribution < 1.29 is 9.18 Å². The fourth-order valence-corrected chi connectivity index (χ4v) is 4.60. The van der Waals surface area contributed by atoms with E-state index in [9.17, 15) is 14.0 Å². The molecular formula is C18H17FN4O2S. The van der Waals surface area contributed by atoms with Crippen molar-refractivity contribution in [3.63, 3.8) is 0 Å². The van der Waals surface area contributed by atoms with Crippen LogP contribution in [-0.2, 0) is 24.2 Å². The van der Waals surface area contributed by atoms with Crippen molar-refractivity contribution in [3.05, 3.63) is 50.9 Å². The van der Waals surface area contributed by atoms with Crippen LogP contribution < -0.4 is 10.9 Å². The van der Waals surface area contributed by atoms with Gasteiger partial charge < -0.3 is 5.32 Å². The SMILES string of the molecule is CC1CCc2c(sc3nnn(CC(=O)Nc4ccccc4F)c(=O)c23)C1. The van der Waals surface area contributed by atoms with Crippen LogP contribution in [0, 0.1) is 11.7 Å². The number of amides is 1. The maximum absolute atomic E-state index is 13.6. The van der Waals surface area contributed by atoms with Crippen molar-refractivity contribution in [3.8, 4) is 0 Å². The van der Waals surface area contributed by atoms with E-state index < -0.39 is 11.7 Å². The number of fused-ring (bicyclic) bond motifs is 3. The van der Waals surface area contributed by atoms with Crippen molar-refractivity contribution in [2.45, 2.75) is 32.7 Å². The first-order valence-corrected chi connectivity index (χ1v) is 9.27. The number of aryl methyl sites for hydroxylation is 1. The molecule has 8 heteroatoms. The van der Waals surface area contributed by atoms with Gasteiger partial charge in [-0.2, -0.15) is 0 Å². The fraction of sp³-hybridized carbons (Fsp3) is 0.333. The number of hydrogen-bond donors (Lipinski definition) is 1. The second kappa shape index (κ2) is 6.60. The van der Waals surface area contributed by atoms with Gasteiger partial charge >= 0.3 is 0 Å². The topological polar surface area (TPSA) is 76.9 Å². The van der Waals surface area contributed by atoms with Crippen molar-refractivity contribution in [2.24, 2.45) is 5.92 Å². The minimum Gasteiger partial charge on any atom is -0.322 e. The number of nitrogens with one attached hydrogen (secondary N) is 1. The van der Waals surface area contributed by atoms with Gasteiger partial charge in [-0.15, -0.1) is 16.4 Å². The smallest absolute Gasteiger partial charge is 0.279 e. The van der Waals surface area contributed by atoms with Gasteiger partial charge in [-0.25, -0.2) is 9.07 Å². The molecule has 0 saturated heterocycles. The second-order valence-corrected chi connectivity index (χ2v) is 7.70. The summed E-state index contributed by atoms with van der Waals surface area (Å²) in [5.41, 5.74) is 0.804. The zero-order chi connectivity index (χ0) is 18.3. The van der Waals surface area contributed by atoms with Gasteiger partial charge in [0.1, 0.15) is 12.4 Å². The number of thiophene rings is 1. The molecule has 1 aromatic carbocycles. The number of halogens is 1. The average molecular weight is 372 g/mol. The van der Waals surface area contributed by atoms with Gasteiger partial charge in [-0.3, -0.25) is 9.59 Å². The standard InChI is InChI=1S/C18H17FN4O2S/c1-10-6-7-11-14(8-10)26-17-16(11)18(25)23(22-21-17)9-15(24)20-13-5-3-2-4-12(13)19/h2-5,10H,6-9H2,1H3,(H,20,24). The summed E-state index contributed by atoms with van der Waals surface area (Å²) in [6.45, 7) is 1.89. The zero-order valence-corrected chi connectivity index (χ0v) is 15.0. The first kappa shape index (κ1) is 16.8. The number of nitrogens with zero attached hydrogens (tertiary/aromatic N) is 3. The molecule has 26 heavy (non-hydrogen) atoms. The molecule has 2 aromatic heterocycles. The molecule has 1 aliphatic rings. The molecule has 134 valence electrons.